The van der Waals surface area contributed by atoms with E-state index in [4.69, 9.17) is 0 Å². The lowest BCUT2D eigenvalue weighted by Crippen LogP contribution is -2.35. The molecule has 0 amide bonds. The Morgan fingerprint density at radius 2 is 2.00 bits per heavy atom. The molecule has 0 saturated heterocycles. The van der Waals surface area contributed by atoms with Gasteiger partial charge < -0.3 is 25.2 Å². The Labute approximate surface area is 170 Å². The van der Waals surface area contributed by atoms with Crippen LogP contribution in [0, 0.1) is 15.2 Å². The Balaban J connectivity index is 1.52. The molecule has 0 aromatic carbocycles. The van der Waals surface area contributed by atoms with Crippen LogP contribution in [0.15, 0.2) is 6.33 Å². The van der Waals surface area contributed by atoms with Crippen LogP contribution in [0.2, 0.25) is 0 Å². The highest BCUT2D eigenvalue weighted by Crippen LogP contribution is 2.67. The Kier molecular flexibility index (Phi) is 4.34. The van der Waals surface area contributed by atoms with Gasteiger partial charge in [0.1, 0.15) is 6.10 Å². The molecular weight excluding hydrogens is 461 g/mol. The first-order valence-corrected chi connectivity index (χ1v) is 10.8. The normalized spacial score (nSPS) is 36.1. The molecule has 2 heterocycles. The number of aliphatic hydroxyl groups is 3. The van der Waals surface area contributed by atoms with Gasteiger partial charge in [0.15, 0.2) is 20.8 Å². The summed E-state index contributed by atoms with van der Waals surface area (Å²) in [4.78, 5) is 13.7. The van der Waals surface area contributed by atoms with Crippen LogP contribution in [0.3, 0.4) is 0 Å². The molecule has 27 heavy (non-hydrogen) atoms. The lowest BCUT2D eigenvalue weighted by molar-refractivity contribution is -0.0300. The lowest BCUT2D eigenvalue weighted by atomic mass is 9.95. The van der Waals surface area contributed by atoms with Gasteiger partial charge in [-0.15, -0.1) is 0 Å². The summed E-state index contributed by atoms with van der Waals surface area (Å²) >= 11 is 2.11. The average Bonchev–Trinajstić information content (AvgIpc) is 3.19. The third-order valence-electron chi connectivity index (χ3n) is 6.81. The van der Waals surface area contributed by atoms with Gasteiger partial charge in [-0.3, -0.25) is 0 Å². The minimum Gasteiger partial charge on any atom is -0.396 e. The fourth-order valence-corrected chi connectivity index (χ4v) is 5.67. The summed E-state index contributed by atoms with van der Waals surface area (Å²) in [6.07, 6.45) is 6.57. The van der Waals surface area contributed by atoms with Crippen molar-refractivity contribution in [2.75, 3.05) is 11.9 Å². The molecule has 8 nitrogen and oxygen atoms in total. The van der Waals surface area contributed by atoms with E-state index in [2.05, 4.69) is 42.9 Å². The van der Waals surface area contributed by atoms with Crippen molar-refractivity contribution < 1.29 is 15.3 Å². The molecule has 5 rings (SSSR count). The molecule has 0 spiro atoms. The number of anilines is 1. The number of hydrogen-bond donors (Lipinski definition) is 4. The molecule has 0 unspecified atom stereocenters. The molecule has 9 heteroatoms. The molecule has 3 aliphatic rings. The van der Waals surface area contributed by atoms with Gasteiger partial charge in [-0.2, -0.15) is 0 Å². The van der Waals surface area contributed by atoms with Crippen molar-refractivity contribution in [3.63, 3.8) is 0 Å². The van der Waals surface area contributed by atoms with E-state index in [1.54, 1.807) is 6.33 Å². The minimum absolute atomic E-state index is 0.0345. The molecule has 0 bridgehead atoms. The number of rotatable bonds is 4. The molecule has 4 N–H and O–H groups in total. The molecular formula is C18H24IN5O3. The highest BCUT2D eigenvalue weighted by atomic mass is 127. The zero-order valence-corrected chi connectivity index (χ0v) is 17.1. The lowest BCUT2D eigenvalue weighted by Gasteiger charge is -2.24. The topological polar surface area (TPSA) is 116 Å². The van der Waals surface area contributed by atoms with Gasteiger partial charge >= 0.3 is 0 Å². The van der Waals surface area contributed by atoms with Gasteiger partial charge in [0, 0.05) is 34.0 Å². The predicted molar refractivity (Wildman–Crippen MR) is 107 cm³/mol. The fraction of sp³-hybridized carbons (Fsp3) is 0.722. The maximum atomic E-state index is 10.6. The molecule has 2 aromatic rings. The van der Waals surface area contributed by atoms with E-state index in [0.717, 1.165) is 18.7 Å². The van der Waals surface area contributed by atoms with Crippen LogP contribution in [-0.4, -0.2) is 59.7 Å². The highest BCUT2D eigenvalue weighted by molar-refractivity contribution is 14.1. The first kappa shape index (κ1) is 18.0. The number of aliphatic hydroxyl groups excluding tert-OH is 3. The second-order valence-corrected chi connectivity index (χ2v) is 9.24. The summed E-state index contributed by atoms with van der Waals surface area (Å²) in [6.45, 7) is -0.111. The Bertz CT molecular complexity index is 870. The fourth-order valence-electron chi connectivity index (χ4n) is 5.20. The molecule has 0 radical (unpaired) electrons. The van der Waals surface area contributed by atoms with Crippen LogP contribution in [0.5, 0.6) is 0 Å². The van der Waals surface area contributed by atoms with E-state index in [1.165, 1.54) is 19.3 Å². The van der Waals surface area contributed by atoms with Crippen molar-refractivity contribution in [2.24, 2.45) is 11.3 Å². The van der Waals surface area contributed by atoms with E-state index in [9.17, 15) is 15.3 Å². The van der Waals surface area contributed by atoms with Crippen LogP contribution in [0.25, 0.3) is 11.2 Å². The maximum Gasteiger partial charge on any atom is 0.194 e. The van der Waals surface area contributed by atoms with Gasteiger partial charge in [-0.05, 0) is 25.2 Å². The molecule has 3 fully saturated rings. The molecule has 3 saturated carbocycles. The first-order chi connectivity index (χ1) is 13.0. The number of halogens is 1. The van der Waals surface area contributed by atoms with Crippen LogP contribution in [0.4, 0.5) is 5.82 Å². The number of imidazole rings is 1. The summed E-state index contributed by atoms with van der Waals surface area (Å²) in [5.41, 5.74) is 0.791. The van der Waals surface area contributed by atoms with E-state index >= 15 is 0 Å². The highest BCUT2D eigenvalue weighted by Gasteiger charge is 2.71. The smallest absolute Gasteiger partial charge is 0.194 e. The third-order valence-corrected chi connectivity index (χ3v) is 7.29. The first-order valence-electron chi connectivity index (χ1n) is 9.69. The van der Waals surface area contributed by atoms with Crippen LogP contribution >= 0.6 is 22.6 Å². The van der Waals surface area contributed by atoms with E-state index < -0.39 is 17.6 Å². The SMILES string of the molecule is OC[C@@]12C[C@@H]1[C@@H](n1cnc3c(NC4CCCCC4)nc(I)nc31)[C@H](O)[C@@H]2O. The van der Waals surface area contributed by atoms with Crippen molar-refractivity contribution in [1.29, 1.82) is 0 Å². The standard InChI is InChI=1S/C18H24IN5O3/c19-17-22-15(21-9-4-2-1-3-5-9)11-16(23-17)24(8-20-11)12-10-6-18(10,7-25)14(27)13(12)26/h8-10,12-14,25-27H,1-7H2,(H,21,22,23)/t10-,12-,13+,14+,18+/m1/s1. The molecule has 146 valence electrons. The molecule has 3 aliphatic carbocycles. The van der Waals surface area contributed by atoms with Crippen molar-refractivity contribution in [1.82, 2.24) is 19.5 Å². The molecule has 0 aliphatic heterocycles. The summed E-state index contributed by atoms with van der Waals surface area (Å²) in [7, 11) is 0. The predicted octanol–water partition coefficient (Wildman–Crippen LogP) is 1.45. The van der Waals surface area contributed by atoms with Gasteiger partial charge in [-0.1, -0.05) is 19.3 Å². The second-order valence-electron chi connectivity index (χ2n) is 8.27. The quantitative estimate of drug-likeness (QED) is 0.383. The van der Waals surface area contributed by atoms with E-state index in [-0.39, 0.29) is 18.6 Å². The Morgan fingerprint density at radius 3 is 2.70 bits per heavy atom. The molecule has 5 atom stereocenters. The third kappa shape index (κ3) is 2.69. The summed E-state index contributed by atoms with van der Waals surface area (Å²) < 4.78 is 2.49. The maximum absolute atomic E-state index is 10.6. The van der Waals surface area contributed by atoms with Gasteiger partial charge in [-0.25, -0.2) is 15.0 Å². The largest absolute Gasteiger partial charge is 0.396 e. The van der Waals surface area contributed by atoms with Crippen molar-refractivity contribution in [3.8, 4) is 0 Å². The Hall–Kier alpha value is -1.04. The molecule has 2 aromatic heterocycles. The number of nitrogens with zero attached hydrogens (tertiary/aromatic N) is 4. The zero-order valence-electron chi connectivity index (χ0n) is 14.9. The van der Waals surface area contributed by atoms with Crippen LogP contribution in [-0.2, 0) is 0 Å². The second kappa shape index (κ2) is 6.50. The van der Waals surface area contributed by atoms with Crippen molar-refractivity contribution in [2.45, 2.75) is 62.8 Å². The number of hydrogen-bond acceptors (Lipinski definition) is 7. The summed E-state index contributed by atoms with van der Waals surface area (Å²) in [6, 6.07) is 0.0764. The average molecular weight is 485 g/mol. The van der Waals surface area contributed by atoms with Gasteiger partial charge in [0.05, 0.1) is 25.1 Å². The van der Waals surface area contributed by atoms with Crippen molar-refractivity contribution in [3.05, 3.63) is 10.2 Å². The summed E-state index contributed by atoms with van der Waals surface area (Å²) in [5, 5.41) is 34.3. The van der Waals surface area contributed by atoms with E-state index in [1.807, 2.05) is 4.57 Å². The van der Waals surface area contributed by atoms with Gasteiger partial charge in [0.2, 0.25) is 0 Å². The number of nitrogens with one attached hydrogen (secondary N) is 1. The van der Waals surface area contributed by atoms with Crippen molar-refractivity contribution >= 4 is 39.6 Å². The Morgan fingerprint density at radius 1 is 1.22 bits per heavy atom. The minimum atomic E-state index is -0.935. The summed E-state index contributed by atoms with van der Waals surface area (Å²) in [5.74, 6) is 0.777. The van der Waals surface area contributed by atoms with Gasteiger partial charge in [0.25, 0.3) is 0 Å². The monoisotopic (exact) mass is 485 g/mol. The number of fused-ring (bicyclic) bond motifs is 2. The zero-order chi connectivity index (χ0) is 18.8. The van der Waals surface area contributed by atoms with Crippen LogP contribution < -0.4 is 5.32 Å². The number of aromatic nitrogens is 4. The van der Waals surface area contributed by atoms with Crippen LogP contribution in [0.1, 0.15) is 44.6 Å². The van der Waals surface area contributed by atoms with E-state index in [0.29, 0.717) is 27.5 Å².